The SMILES string of the molecule is O=C(NCCCC(F)(F)F)C(=O)[C@H](C[C@@H]1CCCC1=O)NC(=O)[C@@H]1[C@H]2CCC[C@H]2CN1C(=O)c1cc2c(Cl)cc(Cl)cc2[nH]1. The Morgan fingerprint density at radius 1 is 1.07 bits per heavy atom. The number of carbonyl (C=O) groups excluding carboxylic acids is 5. The normalized spacial score (nSPS) is 24.0. The van der Waals surface area contributed by atoms with Crippen LogP contribution >= 0.6 is 23.2 Å². The fraction of sp³-hybridized carbons (Fsp3) is 0.567. The fourth-order valence-corrected chi connectivity index (χ4v) is 7.48. The van der Waals surface area contributed by atoms with Crippen LogP contribution in [0, 0.1) is 17.8 Å². The first kappa shape index (κ1) is 32.3. The zero-order valence-corrected chi connectivity index (χ0v) is 25.3. The number of H-pyrrole nitrogens is 1. The second-order valence-electron chi connectivity index (χ2n) is 12.0. The van der Waals surface area contributed by atoms with Crippen LogP contribution in [0.25, 0.3) is 10.9 Å². The molecule has 2 aliphatic carbocycles. The molecule has 3 N–H and O–H groups in total. The van der Waals surface area contributed by atoms with Crippen LogP contribution in [-0.4, -0.2) is 70.5 Å². The molecule has 2 aromatic rings. The molecule has 9 nitrogen and oxygen atoms in total. The van der Waals surface area contributed by atoms with Crippen LogP contribution in [0.15, 0.2) is 18.2 Å². The molecule has 14 heteroatoms. The lowest BCUT2D eigenvalue weighted by molar-refractivity contribution is -0.142. The molecular weight excluding hydrogens is 624 g/mol. The minimum atomic E-state index is -4.40. The summed E-state index contributed by atoms with van der Waals surface area (Å²) in [6.45, 7) is -0.0493. The summed E-state index contributed by atoms with van der Waals surface area (Å²) in [6, 6.07) is 2.49. The van der Waals surface area contributed by atoms with Gasteiger partial charge in [-0.15, -0.1) is 0 Å². The standard InChI is InChI=1S/C30H33Cl2F3N4O5/c31-17-11-20(32)19-13-23(37-21(19)12-17)29(44)39-14-16-5-1-6-18(16)25(39)27(42)38-22(10-15-4-2-7-24(15)40)26(41)28(43)36-9-3-8-30(33,34)35/h11-13,15-16,18,22,25,37H,1-10,14H2,(H,36,43)(H,38,42)/t15-,16-,18-,22-,25-/m0/s1. The van der Waals surface area contributed by atoms with E-state index in [0.717, 1.165) is 12.8 Å². The third kappa shape index (κ3) is 7.06. The number of aromatic amines is 1. The average Bonchev–Trinajstić information content (AvgIpc) is 3.73. The number of fused-ring (bicyclic) bond motifs is 2. The maximum absolute atomic E-state index is 13.9. The number of ketones is 2. The Hall–Kier alpha value is -3.12. The lowest BCUT2D eigenvalue weighted by Gasteiger charge is -2.29. The molecule has 1 aromatic carbocycles. The van der Waals surface area contributed by atoms with E-state index >= 15 is 0 Å². The third-order valence-corrected chi connectivity index (χ3v) is 9.56. The van der Waals surface area contributed by atoms with Gasteiger partial charge in [-0.3, -0.25) is 24.0 Å². The minimum absolute atomic E-state index is 0.0691. The van der Waals surface area contributed by atoms with Gasteiger partial charge in [0, 0.05) is 47.8 Å². The number of amides is 3. The molecule has 3 fully saturated rings. The molecule has 238 valence electrons. The summed E-state index contributed by atoms with van der Waals surface area (Å²) in [6.07, 6.45) is -2.19. The number of rotatable bonds is 10. The van der Waals surface area contributed by atoms with E-state index in [9.17, 15) is 37.1 Å². The zero-order chi connectivity index (χ0) is 31.8. The molecule has 44 heavy (non-hydrogen) atoms. The van der Waals surface area contributed by atoms with Crippen molar-refractivity contribution in [1.29, 1.82) is 0 Å². The first-order valence-electron chi connectivity index (χ1n) is 14.8. The van der Waals surface area contributed by atoms with Gasteiger partial charge in [0.05, 0.1) is 11.1 Å². The molecule has 1 saturated heterocycles. The Balaban J connectivity index is 1.35. The number of benzene rings is 1. The highest BCUT2D eigenvalue weighted by Crippen LogP contribution is 2.43. The van der Waals surface area contributed by atoms with Gasteiger partial charge in [0.1, 0.15) is 17.5 Å². The van der Waals surface area contributed by atoms with Gasteiger partial charge in [-0.05, 0) is 68.6 Å². The second-order valence-corrected chi connectivity index (χ2v) is 12.8. The van der Waals surface area contributed by atoms with Gasteiger partial charge in [0.2, 0.25) is 11.7 Å². The molecule has 1 aliphatic heterocycles. The number of nitrogens with zero attached hydrogens (tertiary/aromatic N) is 1. The van der Waals surface area contributed by atoms with Crippen molar-refractivity contribution in [2.75, 3.05) is 13.1 Å². The van der Waals surface area contributed by atoms with E-state index in [-0.39, 0.29) is 36.3 Å². The maximum atomic E-state index is 13.9. The summed E-state index contributed by atoms with van der Waals surface area (Å²) in [5, 5.41) is 6.21. The molecule has 5 atom stereocenters. The van der Waals surface area contributed by atoms with E-state index in [0.29, 0.717) is 53.2 Å². The molecule has 2 heterocycles. The maximum Gasteiger partial charge on any atom is 0.389 e. The average molecular weight is 658 g/mol. The van der Waals surface area contributed by atoms with Crippen LogP contribution in [0.1, 0.15) is 68.3 Å². The van der Waals surface area contributed by atoms with Crippen molar-refractivity contribution in [2.24, 2.45) is 17.8 Å². The van der Waals surface area contributed by atoms with E-state index in [1.54, 1.807) is 18.2 Å². The number of alkyl halides is 3. The van der Waals surface area contributed by atoms with Crippen molar-refractivity contribution in [3.8, 4) is 0 Å². The molecule has 2 saturated carbocycles. The van der Waals surface area contributed by atoms with E-state index in [4.69, 9.17) is 23.2 Å². The van der Waals surface area contributed by atoms with Crippen molar-refractivity contribution in [3.63, 3.8) is 0 Å². The zero-order valence-electron chi connectivity index (χ0n) is 23.8. The van der Waals surface area contributed by atoms with Crippen molar-refractivity contribution < 1.29 is 37.1 Å². The van der Waals surface area contributed by atoms with Crippen LogP contribution in [0.3, 0.4) is 0 Å². The van der Waals surface area contributed by atoms with Gasteiger partial charge in [0.25, 0.3) is 11.8 Å². The quantitative estimate of drug-likeness (QED) is 0.245. The minimum Gasteiger partial charge on any atom is -0.350 e. The topological polar surface area (TPSA) is 128 Å². The van der Waals surface area contributed by atoms with Crippen molar-refractivity contribution >= 4 is 63.4 Å². The highest BCUT2D eigenvalue weighted by molar-refractivity contribution is 6.39. The smallest absolute Gasteiger partial charge is 0.350 e. The van der Waals surface area contributed by atoms with Crippen LogP contribution in [0.4, 0.5) is 13.2 Å². The molecule has 5 rings (SSSR count). The van der Waals surface area contributed by atoms with Crippen molar-refractivity contribution in [1.82, 2.24) is 20.5 Å². The predicted molar refractivity (Wildman–Crippen MR) is 156 cm³/mol. The first-order valence-corrected chi connectivity index (χ1v) is 15.6. The molecule has 0 radical (unpaired) electrons. The summed E-state index contributed by atoms with van der Waals surface area (Å²) in [5.74, 6) is -3.92. The Kier molecular flexibility index (Phi) is 9.60. The van der Waals surface area contributed by atoms with Crippen molar-refractivity contribution in [3.05, 3.63) is 33.9 Å². The second kappa shape index (κ2) is 13.1. The van der Waals surface area contributed by atoms with Gasteiger partial charge in [-0.2, -0.15) is 13.2 Å². The van der Waals surface area contributed by atoms with Gasteiger partial charge in [-0.1, -0.05) is 29.6 Å². The number of Topliss-reactive ketones (excluding diaryl/α,β-unsaturated/α-hetero) is 2. The number of halogens is 5. The summed E-state index contributed by atoms with van der Waals surface area (Å²) < 4.78 is 37.5. The number of carbonyl (C=O) groups is 5. The van der Waals surface area contributed by atoms with Gasteiger partial charge in [0.15, 0.2) is 0 Å². The van der Waals surface area contributed by atoms with E-state index < -0.39 is 60.5 Å². The third-order valence-electron chi connectivity index (χ3n) is 9.03. The molecule has 0 unspecified atom stereocenters. The summed E-state index contributed by atoms with van der Waals surface area (Å²) >= 11 is 12.4. The Morgan fingerprint density at radius 3 is 2.55 bits per heavy atom. The first-order chi connectivity index (χ1) is 20.8. The number of hydrogen-bond acceptors (Lipinski definition) is 5. The van der Waals surface area contributed by atoms with E-state index in [2.05, 4.69) is 15.6 Å². The highest BCUT2D eigenvalue weighted by Gasteiger charge is 2.50. The fourth-order valence-electron chi connectivity index (χ4n) is 6.93. The molecule has 1 aromatic heterocycles. The molecule has 3 amide bonds. The number of likely N-dealkylation sites (tertiary alicyclic amines) is 1. The summed E-state index contributed by atoms with van der Waals surface area (Å²) in [4.78, 5) is 70.6. The van der Waals surface area contributed by atoms with Crippen LogP contribution < -0.4 is 10.6 Å². The number of aromatic nitrogens is 1. The number of hydrogen-bond donors (Lipinski definition) is 3. The molecule has 0 spiro atoms. The lowest BCUT2D eigenvalue weighted by atomic mass is 9.91. The molecule has 0 bridgehead atoms. The van der Waals surface area contributed by atoms with Gasteiger partial charge >= 0.3 is 6.18 Å². The van der Waals surface area contributed by atoms with Crippen LogP contribution in [-0.2, 0) is 19.2 Å². The predicted octanol–water partition coefficient (Wildman–Crippen LogP) is 4.99. The summed E-state index contributed by atoms with van der Waals surface area (Å²) in [7, 11) is 0. The number of nitrogens with one attached hydrogen (secondary N) is 3. The Morgan fingerprint density at radius 2 is 1.84 bits per heavy atom. The largest absolute Gasteiger partial charge is 0.389 e. The molecular formula is C30H33Cl2F3N4O5. The Bertz CT molecular complexity index is 1480. The van der Waals surface area contributed by atoms with Crippen LogP contribution in [0.5, 0.6) is 0 Å². The highest BCUT2D eigenvalue weighted by atomic mass is 35.5. The van der Waals surface area contributed by atoms with Crippen LogP contribution in [0.2, 0.25) is 10.0 Å². The summed E-state index contributed by atoms with van der Waals surface area (Å²) in [5.41, 5.74) is 0.767. The van der Waals surface area contributed by atoms with Crippen molar-refractivity contribution in [2.45, 2.75) is 76.0 Å². The Labute approximate surface area is 261 Å². The monoisotopic (exact) mass is 656 g/mol. The van der Waals surface area contributed by atoms with Gasteiger partial charge < -0.3 is 20.5 Å². The molecule has 3 aliphatic rings. The lowest BCUT2D eigenvalue weighted by Crippen LogP contribution is -2.55. The van der Waals surface area contributed by atoms with E-state index in [1.807, 2.05) is 0 Å². The van der Waals surface area contributed by atoms with E-state index in [1.165, 1.54) is 4.90 Å². The van der Waals surface area contributed by atoms with Gasteiger partial charge in [-0.25, -0.2) is 0 Å².